The van der Waals surface area contributed by atoms with E-state index in [9.17, 15) is 0 Å². The molecule has 0 aliphatic rings. The average Bonchev–Trinajstić information content (AvgIpc) is 3.86. The molecule has 0 unspecified atom stereocenters. The van der Waals surface area contributed by atoms with Gasteiger partial charge in [0.25, 0.3) is 0 Å². The molecule has 0 fully saturated rings. The molecule has 0 aliphatic carbocycles. The molecule has 56 heavy (non-hydrogen) atoms. The summed E-state index contributed by atoms with van der Waals surface area (Å²) >= 11 is 0. The largest absolute Gasteiger partial charge is 0.456 e. The number of nitrogens with zero attached hydrogens (tertiary/aromatic N) is 3. The van der Waals surface area contributed by atoms with Crippen molar-refractivity contribution in [3.8, 4) is 67.3 Å². The standard InChI is InChI=1S/C51H31N3O2/c1-2-11-35(12-3-1)51-53-43(31-44(54-51)38-14-5-4-13-36(38)33-27-29-52-30-28-33)34-23-21-32(22-24-34)37-25-26-40(49-42-16-7-9-19-46(42)56-50(37)49)39-17-10-20-47-48(39)41-15-6-8-18-45(41)55-47/h1-31H. The molecule has 11 rings (SSSR count). The second-order valence-electron chi connectivity index (χ2n) is 13.9. The predicted octanol–water partition coefficient (Wildman–Crippen LogP) is 13.7. The molecule has 11 aromatic rings. The molecular weight excluding hydrogens is 687 g/mol. The Morgan fingerprint density at radius 2 is 0.911 bits per heavy atom. The van der Waals surface area contributed by atoms with Crippen LogP contribution in [0.25, 0.3) is 111 Å². The summed E-state index contributed by atoms with van der Waals surface area (Å²) in [5, 5.41) is 4.37. The van der Waals surface area contributed by atoms with Crippen LogP contribution in [0.3, 0.4) is 0 Å². The van der Waals surface area contributed by atoms with Gasteiger partial charge >= 0.3 is 0 Å². The number of furan rings is 2. The molecule has 5 nitrogen and oxygen atoms in total. The zero-order valence-electron chi connectivity index (χ0n) is 30.1. The molecule has 0 N–H and O–H groups in total. The lowest BCUT2D eigenvalue weighted by atomic mass is 9.92. The van der Waals surface area contributed by atoms with Gasteiger partial charge in [0, 0.05) is 56.2 Å². The van der Waals surface area contributed by atoms with E-state index in [1.807, 2.05) is 73.1 Å². The summed E-state index contributed by atoms with van der Waals surface area (Å²) in [7, 11) is 0. The number of rotatable bonds is 6. The van der Waals surface area contributed by atoms with Crippen molar-refractivity contribution in [3.63, 3.8) is 0 Å². The van der Waals surface area contributed by atoms with E-state index in [0.29, 0.717) is 5.82 Å². The number of hydrogen-bond donors (Lipinski definition) is 0. The van der Waals surface area contributed by atoms with Crippen molar-refractivity contribution in [1.82, 2.24) is 15.0 Å². The van der Waals surface area contributed by atoms with Gasteiger partial charge in [-0.15, -0.1) is 0 Å². The first-order chi connectivity index (χ1) is 27.8. The maximum Gasteiger partial charge on any atom is 0.160 e. The van der Waals surface area contributed by atoms with Crippen LogP contribution in [0.1, 0.15) is 0 Å². The SMILES string of the molecule is c1ccc(-c2nc(-c3ccc(-c4ccc(-c5cccc6oc7ccccc7c56)c5c4oc4ccccc45)cc3)cc(-c3ccccc3-c3ccncc3)n2)cc1. The Kier molecular flexibility index (Phi) is 7.42. The summed E-state index contributed by atoms with van der Waals surface area (Å²) in [4.78, 5) is 14.5. The van der Waals surface area contributed by atoms with Gasteiger partial charge in [-0.1, -0.05) is 133 Å². The number of fused-ring (bicyclic) bond motifs is 6. The van der Waals surface area contributed by atoms with Crippen LogP contribution in [0.15, 0.2) is 197 Å². The minimum atomic E-state index is 0.673. The van der Waals surface area contributed by atoms with Gasteiger partial charge in [-0.3, -0.25) is 4.98 Å². The Hall–Kier alpha value is -7.63. The lowest BCUT2D eigenvalue weighted by Crippen LogP contribution is -1.97. The first-order valence-corrected chi connectivity index (χ1v) is 18.7. The smallest absolute Gasteiger partial charge is 0.160 e. The Balaban J connectivity index is 1.05. The van der Waals surface area contributed by atoms with E-state index in [4.69, 9.17) is 18.8 Å². The summed E-state index contributed by atoms with van der Waals surface area (Å²) in [6.07, 6.45) is 3.64. The topological polar surface area (TPSA) is 65.0 Å². The van der Waals surface area contributed by atoms with E-state index in [-0.39, 0.29) is 0 Å². The molecule has 0 atom stereocenters. The highest BCUT2D eigenvalue weighted by Gasteiger charge is 2.21. The number of pyridine rings is 1. The maximum absolute atomic E-state index is 6.73. The fourth-order valence-corrected chi connectivity index (χ4v) is 8.04. The van der Waals surface area contributed by atoms with Crippen LogP contribution >= 0.6 is 0 Å². The predicted molar refractivity (Wildman–Crippen MR) is 227 cm³/mol. The fraction of sp³-hybridized carbons (Fsp3) is 0. The number of hydrogen-bond acceptors (Lipinski definition) is 5. The molecular formula is C51H31N3O2. The molecule has 0 amide bonds. The molecule has 0 saturated carbocycles. The van der Waals surface area contributed by atoms with Crippen molar-refractivity contribution >= 4 is 43.9 Å². The molecule has 7 aromatic carbocycles. The van der Waals surface area contributed by atoms with Gasteiger partial charge in [0.05, 0.1) is 11.4 Å². The molecule has 4 heterocycles. The highest BCUT2D eigenvalue weighted by molar-refractivity contribution is 6.21. The highest BCUT2D eigenvalue weighted by atomic mass is 16.3. The van der Waals surface area contributed by atoms with E-state index in [1.165, 1.54) is 0 Å². The Bertz CT molecular complexity index is 3240. The lowest BCUT2D eigenvalue weighted by Gasteiger charge is -2.13. The minimum Gasteiger partial charge on any atom is -0.456 e. The van der Waals surface area contributed by atoms with Crippen molar-refractivity contribution in [2.45, 2.75) is 0 Å². The van der Waals surface area contributed by atoms with Gasteiger partial charge < -0.3 is 8.83 Å². The average molecular weight is 718 g/mol. The number of benzene rings is 7. The first kappa shape index (κ1) is 31.9. The Morgan fingerprint density at radius 3 is 1.71 bits per heavy atom. The third-order valence-corrected chi connectivity index (χ3v) is 10.7. The van der Waals surface area contributed by atoms with Gasteiger partial charge in [-0.25, -0.2) is 9.97 Å². The van der Waals surface area contributed by atoms with Crippen LogP contribution in [-0.4, -0.2) is 15.0 Å². The Morgan fingerprint density at radius 1 is 0.339 bits per heavy atom. The minimum absolute atomic E-state index is 0.673. The molecule has 0 aliphatic heterocycles. The van der Waals surface area contributed by atoms with Gasteiger partial charge in [0.15, 0.2) is 5.82 Å². The third kappa shape index (κ3) is 5.29. The van der Waals surface area contributed by atoms with Gasteiger partial charge in [0.1, 0.15) is 22.3 Å². The van der Waals surface area contributed by atoms with E-state index < -0.39 is 0 Å². The van der Waals surface area contributed by atoms with Crippen LogP contribution < -0.4 is 0 Å². The Labute approximate surface area is 322 Å². The zero-order valence-corrected chi connectivity index (χ0v) is 30.1. The van der Waals surface area contributed by atoms with E-state index in [1.54, 1.807) is 0 Å². The summed E-state index contributed by atoms with van der Waals surface area (Å²) in [6, 6.07) is 60.5. The number of para-hydroxylation sites is 2. The first-order valence-electron chi connectivity index (χ1n) is 18.7. The van der Waals surface area contributed by atoms with E-state index in [0.717, 1.165) is 105 Å². The summed E-state index contributed by atoms with van der Waals surface area (Å²) in [6.45, 7) is 0. The fourth-order valence-electron chi connectivity index (χ4n) is 8.04. The zero-order chi connectivity index (χ0) is 37.0. The van der Waals surface area contributed by atoms with Crippen molar-refractivity contribution in [2.24, 2.45) is 0 Å². The molecule has 0 radical (unpaired) electrons. The quantitative estimate of drug-likeness (QED) is 0.171. The van der Waals surface area contributed by atoms with Gasteiger partial charge in [-0.05, 0) is 70.3 Å². The molecule has 0 saturated heterocycles. The van der Waals surface area contributed by atoms with Crippen LogP contribution in [-0.2, 0) is 0 Å². The van der Waals surface area contributed by atoms with Gasteiger partial charge in [0.2, 0.25) is 0 Å². The normalized spacial score (nSPS) is 11.6. The van der Waals surface area contributed by atoms with Crippen LogP contribution in [0.2, 0.25) is 0 Å². The summed E-state index contributed by atoms with van der Waals surface area (Å²) in [5.74, 6) is 0.673. The summed E-state index contributed by atoms with van der Waals surface area (Å²) < 4.78 is 13.0. The molecule has 0 spiro atoms. The molecule has 0 bridgehead atoms. The van der Waals surface area contributed by atoms with Crippen LogP contribution in [0, 0.1) is 0 Å². The molecule has 262 valence electrons. The molecule has 5 heteroatoms. The van der Waals surface area contributed by atoms with Crippen molar-refractivity contribution < 1.29 is 8.83 Å². The second-order valence-corrected chi connectivity index (χ2v) is 13.9. The van der Waals surface area contributed by atoms with E-state index >= 15 is 0 Å². The van der Waals surface area contributed by atoms with Gasteiger partial charge in [-0.2, -0.15) is 0 Å². The van der Waals surface area contributed by atoms with Crippen molar-refractivity contribution in [1.29, 1.82) is 0 Å². The maximum atomic E-state index is 6.73. The van der Waals surface area contributed by atoms with Crippen LogP contribution in [0.4, 0.5) is 0 Å². The summed E-state index contributed by atoms with van der Waals surface area (Å²) in [5.41, 5.74) is 14.6. The van der Waals surface area contributed by atoms with Crippen molar-refractivity contribution in [2.75, 3.05) is 0 Å². The van der Waals surface area contributed by atoms with Crippen molar-refractivity contribution in [3.05, 3.63) is 188 Å². The lowest BCUT2D eigenvalue weighted by molar-refractivity contribution is 0.668. The third-order valence-electron chi connectivity index (χ3n) is 10.7. The second kappa shape index (κ2) is 13.0. The molecule has 4 aromatic heterocycles. The van der Waals surface area contributed by atoms with E-state index in [2.05, 4.69) is 120 Å². The monoisotopic (exact) mass is 717 g/mol. The number of aromatic nitrogens is 3. The highest BCUT2D eigenvalue weighted by Crippen LogP contribution is 2.45. The van der Waals surface area contributed by atoms with Crippen LogP contribution in [0.5, 0.6) is 0 Å².